The summed E-state index contributed by atoms with van der Waals surface area (Å²) in [6.07, 6.45) is 0. The number of Topliss-reactive ketones (excluding diaryl/α,β-unsaturated/α-hetero) is 1. The quantitative estimate of drug-likeness (QED) is 0.813. The lowest BCUT2D eigenvalue weighted by Crippen LogP contribution is -1.97. The summed E-state index contributed by atoms with van der Waals surface area (Å²) in [7, 11) is 1.39. The Morgan fingerprint density at radius 1 is 1.20 bits per heavy atom. The average molecular weight is 340 g/mol. The molecule has 15 heavy (non-hydrogen) atoms. The van der Waals surface area contributed by atoms with Crippen LogP contribution in [0.4, 0.5) is 0 Å². The number of aromatic hydroxyl groups is 2. The predicted molar refractivity (Wildman–Crippen MR) is 61.7 cm³/mol. The fourth-order valence-electron chi connectivity index (χ4n) is 1.16. The van der Waals surface area contributed by atoms with Crippen LogP contribution < -0.4 is 4.74 Å². The molecule has 0 aliphatic carbocycles. The third kappa shape index (κ3) is 1.96. The van der Waals surface area contributed by atoms with Crippen LogP contribution in [-0.4, -0.2) is 23.1 Å². The molecule has 0 aliphatic rings. The molecule has 1 aromatic carbocycles. The van der Waals surface area contributed by atoms with Crippen molar-refractivity contribution in [1.82, 2.24) is 0 Å². The molecule has 82 valence electrons. The van der Waals surface area contributed by atoms with Crippen molar-refractivity contribution in [3.05, 3.63) is 14.5 Å². The lowest BCUT2D eigenvalue weighted by Gasteiger charge is -2.12. The van der Waals surface area contributed by atoms with Crippen LogP contribution in [0.5, 0.6) is 17.2 Å². The molecule has 2 N–H and O–H groups in total. The van der Waals surface area contributed by atoms with Crippen molar-refractivity contribution in [2.24, 2.45) is 0 Å². The number of phenolic OH excluding ortho intramolecular Hbond substituents is 2. The summed E-state index contributed by atoms with van der Waals surface area (Å²) in [4.78, 5) is 11.2. The zero-order valence-corrected chi connectivity index (χ0v) is 11.1. The maximum atomic E-state index is 11.2. The van der Waals surface area contributed by atoms with Gasteiger partial charge in [0.15, 0.2) is 11.5 Å². The van der Waals surface area contributed by atoms with E-state index in [1.807, 2.05) is 0 Å². The van der Waals surface area contributed by atoms with Crippen LogP contribution in [0.2, 0.25) is 0 Å². The summed E-state index contributed by atoms with van der Waals surface area (Å²) >= 11 is 6.15. The SMILES string of the molecule is COc1c(Br)c(O)c(C(C)=O)c(O)c1Br. The summed E-state index contributed by atoms with van der Waals surface area (Å²) < 4.78 is 5.39. The predicted octanol–water partition coefficient (Wildman–Crippen LogP) is 2.83. The second-order valence-corrected chi connectivity index (χ2v) is 4.38. The Hall–Kier alpha value is -0.750. The minimum Gasteiger partial charge on any atom is -0.506 e. The van der Waals surface area contributed by atoms with Crippen LogP contribution in [0.1, 0.15) is 17.3 Å². The minimum atomic E-state index is -0.436. The van der Waals surface area contributed by atoms with Gasteiger partial charge in [-0.2, -0.15) is 0 Å². The number of carbonyl (C=O) groups excluding carboxylic acids is 1. The molecule has 0 unspecified atom stereocenters. The van der Waals surface area contributed by atoms with Crippen molar-refractivity contribution < 1.29 is 19.7 Å². The number of methoxy groups -OCH3 is 1. The zero-order chi connectivity index (χ0) is 11.7. The molecule has 0 aliphatic heterocycles. The maximum absolute atomic E-state index is 11.2. The van der Waals surface area contributed by atoms with Crippen LogP contribution in [0.3, 0.4) is 0 Å². The van der Waals surface area contributed by atoms with E-state index in [0.717, 1.165) is 0 Å². The maximum Gasteiger partial charge on any atom is 0.167 e. The molecule has 0 spiro atoms. The molecule has 0 saturated carbocycles. The summed E-state index contributed by atoms with van der Waals surface area (Å²) in [5, 5.41) is 19.3. The first-order valence-electron chi connectivity index (χ1n) is 3.89. The van der Waals surface area contributed by atoms with E-state index in [1.165, 1.54) is 14.0 Å². The van der Waals surface area contributed by atoms with E-state index in [4.69, 9.17) is 4.74 Å². The summed E-state index contributed by atoms with van der Waals surface area (Å²) in [5.41, 5.74) is -0.144. The molecule has 1 aromatic rings. The van der Waals surface area contributed by atoms with Crippen LogP contribution in [-0.2, 0) is 0 Å². The van der Waals surface area contributed by atoms with Crippen molar-refractivity contribution in [2.75, 3.05) is 7.11 Å². The first kappa shape index (κ1) is 12.3. The Bertz CT molecular complexity index is 400. The van der Waals surface area contributed by atoms with Crippen molar-refractivity contribution in [2.45, 2.75) is 6.92 Å². The Balaban J connectivity index is 3.66. The van der Waals surface area contributed by atoms with Gasteiger partial charge in [-0.05, 0) is 38.8 Å². The van der Waals surface area contributed by atoms with Crippen LogP contribution >= 0.6 is 31.9 Å². The second kappa shape index (κ2) is 4.40. The summed E-state index contributed by atoms with van der Waals surface area (Å²) in [6.45, 7) is 1.25. The van der Waals surface area contributed by atoms with Gasteiger partial charge in [0, 0.05) is 0 Å². The Labute approximate surface area is 103 Å². The van der Waals surface area contributed by atoms with Gasteiger partial charge < -0.3 is 14.9 Å². The van der Waals surface area contributed by atoms with Gasteiger partial charge >= 0.3 is 0 Å². The van der Waals surface area contributed by atoms with E-state index in [-0.39, 0.29) is 31.8 Å². The highest BCUT2D eigenvalue weighted by molar-refractivity contribution is 9.11. The molecule has 0 bridgehead atoms. The molecule has 0 radical (unpaired) electrons. The monoisotopic (exact) mass is 338 g/mol. The van der Waals surface area contributed by atoms with Crippen molar-refractivity contribution in [3.63, 3.8) is 0 Å². The van der Waals surface area contributed by atoms with E-state index in [9.17, 15) is 15.0 Å². The number of benzene rings is 1. The van der Waals surface area contributed by atoms with E-state index in [1.54, 1.807) is 0 Å². The molecular formula is C9H8Br2O4. The molecule has 0 heterocycles. The second-order valence-electron chi connectivity index (χ2n) is 2.79. The lowest BCUT2D eigenvalue weighted by atomic mass is 10.1. The number of ether oxygens (including phenoxy) is 1. The topological polar surface area (TPSA) is 66.8 Å². The van der Waals surface area contributed by atoms with Gasteiger partial charge in [0.05, 0.1) is 7.11 Å². The zero-order valence-electron chi connectivity index (χ0n) is 7.97. The molecule has 1 rings (SSSR count). The normalized spacial score (nSPS) is 10.1. The van der Waals surface area contributed by atoms with Gasteiger partial charge in [-0.15, -0.1) is 0 Å². The Kier molecular flexibility index (Phi) is 3.62. The molecule has 0 amide bonds. The van der Waals surface area contributed by atoms with Gasteiger partial charge in [-0.25, -0.2) is 0 Å². The number of halogens is 2. The molecule has 0 saturated heterocycles. The van der Waals surface area contributed by atoms with E-state index < -0.39 is 5.78 Å². The highest BCUT2D eigenvalue weighted by Crippen LogP contribution is 2.48. The van der Waals surface area contributed by atoms with Crippen molar-refractivity contribution in [3.8, 4) is 17.2 Å². The largest absolute Gasteiger partial charge is 0.506 e. The van der Waals surface area contributed by atoms with E-state index in [2.05, 4.69) is 31.9 Å². The molecule has 0 aromatic heterocycles. The highest BCUT2D eigenvalue weighted by atomic mass is 79.9. The number of hydrogen-bond acceptors (Lipinski definition) is 4. The first-order chi connectivity index (χ1) is 6.91. The van der Waals surface area contributed by atoms with Crippen LogP contribution in [0.25, 0.3) is 0 Å². The molecule has 0 atom stereocenters. The van der Waals surface area contributed by atoms with Crippen LogP contribution in [0, 0.1) is 0 Å². The smallest absolute Gasteiger partial charge is 0.167 e. The lowest BCUT2D eigenvalue weighted by molar-refractivity contribution is 0.101. The fraction of sp³-hybridized carbons (Fsp3) is 0.222. The van der Waals surface area contributed by atoms with Gasteiger partial charge in [0.1, 0.15) is 26.0 Å². The number of hydrogen-bond donors (Lipinski definition) is 2. The highest BCUT2D eigenvalue weighted by Gasteiger charge is 2.24. The Morgan fingerprint density at radius 3 is 1.87 bits per heavy atom. The van der Waals surface area contributed by atoms with Gasteiger partial charge in [-0.3, -0.25) is 4.79 Å². The standard InChI is InChI=1S/C9H8Br2O4/c1-3(12)4-7(13)5(10)9(15-2)6(11)8(4)14/h13-14H,1-2H3. The molecule has 6 heteroatoms. The molecule has 0 fully saturated rings. The molecular weight excluding hydrogens is 332 g/mol. The fourth-order valence-corrected chi connectivity index (χ4v) is 2.54. The minimum absolute atomic E-state index is 0.144. The third-order valence-electron chi connectivity index (χ3n) is 1.84. The van der Waals surface area contributed by atoms with Crippen molar-refractivity contribution >= 4 is 37.6 Å². The summed E-state index contributed by atoms with van der Waals surface area (Å²) in [6, 6.07) is 0. The number of phenols is 2. The van der Waals surface area contributed by atoms with Gasteiger partial charge in [0.25, 0.3) is 0 Å². The average Bonchev–Trinajstić information content (AvgIpc) is 2.16. The Morgan fingerprint density at radius 2 is 1.60 bits per heavy atom. The van der Waals surface area contributed by atoms with Crippen molar-refractivity contribution in [1.29, 1.82) is 0 Å². The number of carbonyl (C=O) groups is 1. The first-order valence-corrected chi connectivity index (χ1v) is 5.48. The van der Waals surface area contributed by atoms with Gasteiger partial charge in [-0.1, -0.05) is 0 Å². The third-order valence-corrected chi connectivity index (χ3v) is 3.32. The van der Waals surface area contributed by atoms with Crippen LogP contribution in [0.15, 0.2) is 8.95 Å². The van der Waals surface area contributed by atoms with Gasteiger partial charge in [0.2, 0.25) is 0 Å². The number of ketones is 1. The van der Waals surface area contributed by atoms with E-state index >= 15 is 0 Å². The summed E-state index contributed by atoms with van der Waals surface area (Å²) in [5.74, 6) is -0.871. The number of rotatable bonds is 2. The van der Waals surface area contributed by atoms with E-state index in [0.29, 0.717) is 0 Å². The molecule has 4 nitrogen and oxygen atoms in total.